The van der Waals surface area contributed by atoms with Crippen LogP contribution in [0.4, 0.5) is 0 Å². The van der Waals surface area contributed by atoms with E-state index in [-0.39, 0.29) is 23.4 Å². The van der Waals surface area contributed by atoms with Crippen molar-refractivity contribution in [1.29, 1.82) is 0 Å². The Hall–Kier alpha value is -1.53. The Bertz CT molecular complexity index is 326. The highest BCUT2D eigenvalue weighted by molar-refractivity contribution is 6.59. The molecule has 0 atom stereocenters. The maximum absolute atomic E-state index is 10.1. The maximum Gasteiger partial charge on any atom is 0.492 e. The average Bonchev–Trinajstić information content (AvgIpc) is 2.18. The van der Waals surface area contributed by atoms with Crippen LogP contribution in [0.1, 0.15) is 0 Å². The van der Waals surface area contributed by atoms with E-state index in [1.54, 1.807) is 0 Å². The number of rotatable bonds is 4. The second kappa shape index (κ2) is 4.64. The molecule has 0 unspecified atom stereocenters. The van der Waals surface area contributed by atoms with Gasteiger partial charge < -0.3 is 19.5 Å². The number of para-hydroxylation sites is 1. The van der Waals surface area contributed by atoms with Crippen molar-refractivity contribution in [2.45, 2.75) is 0 Å². The first-order valence-electron chi connectivity index (χ1n) is 3.84. The Morgan fingerprint density at radius 1 is 1.43 bits per heavy atom. The lowest BCUT2D eigenvalue weighted by atomic mass is 9.79. The summed E-state index contributed by atoms with van der Waals surface area (Å²) in [7, 11) is -0.320. The van der Waals surface area contributed by atoms with Gasteiger partial charge in [0.1, 0.15) is 0 Å². The van der Waals surface area contributed by atoms with Crippen molar-refractivity contribution >= 4 is 19.1 Å². The Kier molecular flexibility index (Phi) is 3.50. The van der Waals surface area contributed by atoms with Crippen LogP contribution in [-0.2, 0) is 4.79 Å². The van der Waals surface area contributed by atoms with E-state index in [0.29, 0.717) is 0 Å². The van der Waals surface area contributed by atoms with E-state index in [1.165, 1.54) is 25.3 Å². The van der Waals surface area contributed by atoms with E-state index in [2.05, 4.69) is 4.74 Å². The monoisotopic (exact) mass is 196 g/mol. The van der Waals surface area contributed by atoms with Crippen LogP contribution in [-0.4, -0.2) is 30.7 Å². The van der Waals surface area contributed by atoms with Gasteiger partial charge in [-0.05, 0) is 6.07 Å². The largest absolute Gasteiger partial charge is 0.493 e. The maximum atomic E-state index is 10.1. The highest BCUT2D eigenvalue weighted by atomic mass is 16.5. The molecule has 0 bridgehead atoms. The van der Waals surface area contributed by atoms with Crippen LogP contribution < -0.4 is 14.9 Å². The van der Waals surface area contributed by atoms with Gasteiger partial charge in [0.25, 0.3) is 6.47 Å². The summed E-state index contributed by atoms with van der Waals surface area (Å²) in [5, 5.41) is 17.9. The molecule has 0 aliphatic heterocycles. The fourth-order valence-electron chi connectivity index (χ4n) is 1.10. The summed E-state index contributed by atoms with van der Waals surface area (Å²) in [5.41, 5.74) is 0.145. The number of ether oxygens (including phenoxy) is 2. The SMILES string of the molecule is COc1c(OC=O)cccc1B(O)O. The predicted octanol–water partition coefficient (Wildman–Crippen LogP) is -1.09. The van der Waals surface area contributed by atoms with Crippen LogP contribution in [0.5, 0.6) is 11.5 Å². The molecular weight excluding hydrogens is 187 g/mol. The van der Waals surface area contributed by atoms with Crippen LogP contribution in [0.3, 0.4) is 0 Å². The normalized spacial score (nSPS) is 9.36. The molecule has 6 heteroatoms. The summed E-state index contributed by atoms with van der Waals surface area (Å²) >= 11 is 0. The molecule has 0 aromatic heterocycles. The van der Waals surface area contributed by atoms with Crippen LogP contribution in [0.15, 0.2) is 18.2 Å². The van der Waals surface area contributed by atoms with Gasteiger partial charge in [-0.25, -0.2) is 0 Å². The third-order valence-corrected chi connectivity index (χ3v) is 1.67. The van der Waals surface area contributed by atoms with E-state index >= 15 is 0 Å². The van der Waals surface area contributed by atoms with Gasteiger partial charge in [0.15, 0.2) is 11.5 Å². The minimum absolute atomic E-state index is 0.134. The predicted molar refractivity (Wildman–Crippen MR) is 49.5 cm³/mol. The Labute approximate surface area is 81.0 Å². The number of methoxy groups -OCH3 is 1. The Morgan fingerprint density at radius 2 is 2.14 bits per heavy atom. The molecule has 14 heavy (non-hydrogen) atoms. The quantitative estimate of drug-likeness (QED) is 0.472. The van der Waals surface area contributed by atoms with Gasteiger partial charge in [0, 0.05) is 5.46 Å². The first-order valence-corrected chi connectivity index (χ1v) is 3.84. The summed E-state index contributed by atoms with van der Waals surface area (Å²) in [6, 6.07) is 4.47. The van der Waals surface area contributed by atoms with E-state index in [4.69, 9.17) is 14.8 Å². The van der Waals surface area contributed by atoms with Crippen LogP contribution >= 0.6 is 0 Å². The van der Waals surface area contributed by atoms with Gasteiger partial charge in [-0.2, -0.15) is 0 Å². The number of benzene rings is 1. The molecule has 0 spiro atoms. The highest BCUT2D eigenvalue weighted by Crippen LogP contribution is 2.23. The third kappa shape index (κ3) is 2.04. The first kappa shape index (κ1) is 10.6. The number of hydrogen-bond donors (Lipinski definition) is 2. The zero-order valence-electron chi connectivity index (χ0n) is 7.51. The number of carbonyl (C=O) groups is 1. The van der Waals surface area contributed by atoms with Gasteiger partial charge in [-0.3, -0.25) is 4.79 Å². The Morgan fingerprint density at radius 3 is 2.64 bits per heavy atom. The third-order valence-electron chi connectivity index (χ3n) is 1.67. The summed E-state index contributed by atoms with van der Waals surface area (Å²) in [4.78, 5) is 10.1. The second-order valence-corrected chi connectivity index (χ2v) is 2.47. The molecule has 0 aliphatic carbocycles. The lowest BCUT2D eigenvalue weighted by Crippen LogP contribution is -2.31. The van der Waals surface area contributed by atoms with Crippen molar-refractivity contribution in [1.82, 2.24) is 0 Å². The molecule has 2 N–H and O–H groups in total. The fraction of sp³-hybridized carbons (Fsp3) is 0.125. The van der Waals surface area contributed by atoms with Crippen molar-refractivity contribution in [3.8, 4) is 11.5 Å². The van der Waals surface area contributed by atoms with Crippen LogP contribution in [0.25, 0.3) is 0 Å². The Balaban J connectivity index is 3.17. The van der Waals surface area contributed by atoms with Crippen LogP contribution in [0.2, 0.25) is 0 Å². The van der Waals surface area contributed by atoms with Crippen molar-refractivity contribution < 1.29 is 24.3 Å². The number of carbonyl (C=O) groups excluding carboxylic acids is 1. The molecule has 1 aromatic carbocycles. The molecular formula is C8H9BO5. The van der Waals surface area contributed by atoms with Gasteiger partial charge in [-0.1, -0.05) is 12.1 Å². The van der Waals surface area contributed by atoms with Crippen molar-refractivity contribution in [3.63, 3.8) is 0 Å². The molecule has 0 aliphatic rings. The van der Waals surface area contributed by atoms with Gasteiger partial charge in [-0.15, -0.1) is 0 Å². The van der Waals surface area contributed by atoms with Gasteiger partial charge >= 0.3 is 7.12 Å². The summed E-state index contributed by atoms with van der Waals surface area (Å²) < 4.78 is 9.48. The zero-order valence-corrected chi connectivity index (χ0v) is 7.51. The van der Waals surface area contributed by atoms with Gasteiger partial charge in [0.05, 0.1) is 7.11 Å². The highest BCUT2D eigenvalue weighted by Gasteiger charge is 2.19. The molecule has 1 rings (SSSR count). The molecule has 74 valence electrons. The summed E-state index contributed by atoms with van der Waals surface area (Å²) in [6.07, 6.45) is 0. The van der Waals surface area contributed by atoms with Crippen molar-refractivity contribution in [2.75, 3.05) is 7.11 Å². The molecule has 0 saturated heterocycles. The van der Waals surface area contributed by atoms with Crippen molar-refractivity contribution in [3.05, 3.63) is 18.2 Å². The number of hydrogen-bond acceptors (Lipinski definition) is 5. The molecule has 0 saturated carbocycles. The summed E-state index contributed by atoms with van der Waals surface area (Å²) in [5.74, 6) is 0.280. The minimum atomic E-state index is -1.67. The van der Waals surface area contributed by atoms with Crippen LogP contribution in [0, 0.1) is 0 Å². The smallest absolute Gasteiger partial charge is 0.492 e. The molecule has 0 fully saturated rings. The van der Waals surface area contributed by atoms with E-state index in [0.717, 1.165) is 0 Å². The fourth-order valence-corrected chi connectivity index (χ4v) is 1.10. The lowest BCUT2D eigenvalue weighted by molar-refractivity contribution is -0.120. The van der Waals surface area contributed by atoms with E-state index in [1.807, 2.05) is 0 Å². The topological polar surface area (TPSA) is 76.0 Å². The summed E-state index contributed by atoms with van der Waals surface area (Å²) in [6.45, 7) is 0.241. The molecule has 5 nitrogen and oxygen atoms in total. The molecule has 0 radical (unpaired) electrons. The van der Waals surface area contributed by atoms with E-state index in [9.17, 15) is 4.79 Å². The zero-order chi connectivity index (χ0) is 10.6. The second-order valence-electron chi connectivity index (χ2n) is 2.47. The molecule has 0 amide bonds. The van der Waals surface area contributed by atoms with Gasteiger partial charge in [0.2, 0.25) is 0 Å². The molecule has 1 aromatic rings. The first-order chi connectivity index (χ1) is 6.70. The van der Waals surface area contributed by atoms with Crippen molar-refractivity contribution in [2.24, 2.45) is 0 Å². The minimum Gasteiger partial charge on any atom is -0.493 e. The lowest BCUT2D eigenvalue weighted by Gasteiger charge is -2.10. The van der Waals surface area contributed by atoms with E-state index < -0.39 is 7.12 Å². The molecule has 0 heterocycles. The average molecular weight is 196 g/mol. The standard InChI is InChI=1S/C8H9BO5/c1-13-8-6(9(11)12)3-2-4-7(8)14-5-10/h2-5,11-12H,1H3.